The highest BCUT2D eigenvalue weighted by Gasteiger charge is 2.40. The molecule has 2 aliphatic heterocycles. The third kappa shape index (κ3) is 3.88. The Morgan fingerprint density at radius 1 is 1.42 bits per heavy atom. The van der Waals surface area contributed by atoms with E-state index in [-0.39, 0.29) is 30.4 Å². The fourth-order valence-electron chi connectivity index (χ4n) is 3.48. The van der Waals surface area contributed by atoms with E-state index in [1.807, 2.05) is 26.8 Å². The Bertz CT molecular complexity index is 776. The zero-order chi connectivity index (χ0) is 18.9. The largest absolute Gasteiger partial charge is 0.444 e. The lowest BCUT2D eigenvalue weighted by Gasteiger charge is -2.44. The molecular formula is C20H23FN2O3. The van der Waals surface area contributed by atoms with E-state index < -0.39 is 5.60 Å². The summed E-state index contributed by atoms with van der Waals surface area (Å²) < 4.78 is 25.0. The molecule has 5 nitrogen and oxygen atoms in total. The summed E-state index contributed by atoms with van der Waals surface area (Å²) in [6.07, 6.45) is 2.34. The molecule has 2 atom stereocenters. The van der Waals surface area contributed by atoms with Gasteiger partial charge in [-0.05, 0) is 56.0 Å². The fourth-order valence-corrected chi connectivity index (χ4v) is 3.48. The van der Waals surface area contributed by atoms with Gasteiger partial charge < -0.3 is 9.47 Å². The van der Waals surface area contributed by atoms with Gasteiger partial charge >= 0.3 is 6.09 Å². The van der Waals surface area contributed by atoms with E-state index in [0.29, 0.717) is 19.6 Å². The van der Waals surface area contributed by atoms with Crippen LogP contribution in [0.3, 0.4) is 0 Å². The van der Waals surface area contributed by atoms with E-state index in [1.165, 1.54) is 12.1 Å². The number of rotatable bonds is 2. The summed E-state index contributed by atoms with van der Waals surface area (Å²) in [5.74, 6) is -0.335. The Hall–Kier alpha value is -2.39. The van der Waals surface area contributed by atoms with Gasteiger partial charge in [-0.3, -0.25) is 4.90 Å². The van der Waals surface area contributed by atoms with Gasteiger partial charge in [0.2, 0.25) is 0 Å². The molecule has 2 aliphatic rings. The number of amides is 1. The van der Waals surface area contributed by atoms with E-state index in [2.05, 4.69) is 6.07 Å². The lowest BCUT2D eigenvalue weighted by molar-refractivity contribution is -0.0510. The molecule has 0 spiro atoms. The second kappa shape index (κ2) is 7.08. The van der Waals surface area contributed by atoms with Gasteiger partial charge in [0, 0.05) is 0 Å². The number of nitriles is 1. The van der Waals surface area contributed by atoms with Crippen molar-refractivity contribution < 1.29 is 18.7 Å². The van der Waals surface area contributed by atoms with E-state index >= 15 is 0 Å². The van der Waals surface area contributed by atoms with E-state index in [9.17, 15) is 9.18 Å². The lowest BCUT2D eigenvalue weighted by Crippen LogP contribution is -2.57. The fraction of sp³-hybridized carbons (Fsp3) is 0.500. The summed E-state index contributed by atoms with van der Waals surface area (Å²) in [7, 11) is 0. The third-order valence-corrected chi connectivity index (χ3v) is 4.49. The average Bonchev–Trinajstić information content (AvgIpc) is 2.54. The first-order valence-electron chi connectivity index (χ1n) is 8.74. The molecule has 1 saturated heterocycles. The third-order valence-electron chi connectivity index (χ3n) is 4.49. The van der Waals surface area contributed by atoms with Crippen LogP contribution in [0.5, 0.6) is 0 Å². The van der Waals surface area contributed by atoms with Crippen LogP contribution in [-0.4, -0.2) is 41.9 Å². The van der Waals surface area contributed by atoms with Crippen molar-refractivity contribution in [3.05, 3.63) is 41.2 Å². The molecule has 2 bridgehead atoms. The van der Waals surface area contributed by atoms with Crippen LogP contribution < -0.4 is 0 Å². The Morgan fingerprint density at radius 3 is 2.85 bits per heavy atom. The van der Waals surface area contributed by atoms with Gasteiger partial charge in [-0.2, -0.15) is 5.26 Å². The van der Waals surface area contributed by atoms with E-state index in [0.717, 1.165) is 16.7 Å². The second-order valence-corrected chi connectivity index (χ2v) is 7.68. The monoisotopic (exact) mass is 358 g/mol. The molecule has 0 N–H and O–H groups in total. The molecule has 1 amide bonds. The summed E-state index contributed by atoms with van der Waals surface area (Å²) in [5.41, 5.74) is 1.92. The van der Waals surface area contributed by atoms with Crippen LogP contribution >= 0.6 is 0 Å². The molecule has 6 heteroatoms. The summed E-state index contributed by atoms with van der Waals surface area (Å²) in [4.78, 5) is 14.3. The topological polar surface area (TPSA) is 62.6 Å². The van der Waals surface area contributed by atoms with Crippen LogP contribution in [0.2, 0.25) is 0 Å². The van der Waals surface area contributed by atoms with Gasteiger partial charge in [0.25, 0.3) is 0 Å². The predicted octanol–water partition coefficient (Wildman–Crippen LogP) is 3.68. The standard InChI is InChI=1S/C20H23FN2O3/c1-20(2,3)26-19(24)23-16-8-14(9-17(23)12-25-11-16)18-10-15(21)5-4-13(18)6-7-22/h4-5,8,10,16-17H,6,9,11-12H2,1-3H3. The molecule has 26 heavy (non-hydrogen) atoms. The Kier molecular flexibility index (Phi) is 5.01. The summed E-state index contributed by atoms with van der Waals surface area (Å²) in [5, 5.41) is 9.04. The molecule has 2 unspecified atom stereocenters. The minimum absolute atomic E-state index is 0.165. The van der Waals surface area contributed by atoms with Crippen LogP contribution in [0.4, 0.5) is 9.18 Å². The summed E-state index contributed by atoms with van der Waals surface area (Å²) in [6.45, 7) is 6.30. The van der Waals surface area contributed by atoms with Crippen LogP contribution in [0.25, 0.3) is 5.57 Å². The highest BCUT2D eigenvalue weighted by Crippen LogP contribution is 2.35. The van der Waals surface area contributed by atoms with Gasteiger partial charge in [-0.15, -0.1) is 0 Å². The SMILES string of the molecule is CC(C)(C)OC(=O)N1C2C=C(c3cc(F)ccc3CC#N)CC1COC2. The summed E-state index contributed by atoms with van der Waals surface area (Å²) >= 11 is 0. The second-order valence-electron chi connectivity index (χ2n) is 7.68. The predicted molar refractivity (Wildman–Crippen MR) is 94.8 cm³/mol. The molecule has 1 fully saturated rings. The van der Waals surface area contributed by atoms with E-state index in [4.69, 9.17) is 14.7 Å². The quantitative estimate of drug-likeness (QED) is 0.809. The van der Waals surface area contributed by atoms with Crippen molar-refractivity contribution in [1.82, 2.24) is 4.90 Å². The zero-order valence-electron chi connectivity index (χ0n) is 15.3. The number of carbonyl (C=O) groups excluding carboxylic acids is 1. The zero-order valence-corrected chi connectivity index (χ0v) is 15.3. The first-order valence-corrected chi connectivity index (χ1v) is 8.74. The molecule has 138 valence electrons. The number of hydrogen-bond donors (Lipinski definition) is 0. The average molecular weight is 358 g/mol. The number of morpholine rings is 1. The molecular weight excluding hydrogens is 335 g/mol. The number of ether oxygens (including phenoxy) is 2. The maximum absolute atomic E-state index is 13.8. The molecule has 2 heterocycles. The number of carbonyl (C=O) groups is 1. The molecule has 0 saturated carbocycles. The van der Waals surface area contributed by atoms with Crippen molar-refractivity contribution in [2.24, 2.45) is 0 Å². The van der Waals surface area contributed by atoms with Crippen LogP contribution in [0, 0.1) is 17.1 Å². The van der Waals surface area contributed by atoms with Crippen LogP contribution in [0.15, 0.2) is 24.3 Å². The molecule has 1 aromatic rings. The Labute approximate surface area is 153 Å². The minimum Gasteiger partial charge on any atom is -0.444 e. The normalized spacial score (nSPS) is 22.4. The molecule has 3 rings (SSSR count). The number of fused-ring (bicyclic) bond motifs is 2. The first-order chi connectivity index (χ1) is 12.3. The molecule has 0 aliphatic carbocycles. The van der Waals surface area contributed by atoms with Gasteiger partial charge in [0.1, 0.15) is 11.4 Å². The van der Waals surface area contributed by atoms with Crippen LogP contribution in [0.1, 0.15) is 38.3 Å². The van der Waals surface area contributed by atoms with Crippen molar-refractivity contribution in [1.29, 1.82) is 5.26 Å². The van der Waals surface area contributed by atoms with Crippen LogP contribution in [-0.2, 0) is 15.9 Å². The van der Waals surface area contributed by atoms with Gasteiger partial charge in [-0.1, -0.05) is 12.1 Å². The Morgan fingerprint density at radius 2 is 2.19 bits per heavy atom. The van der Waals surface area contributed by atoms with Crippen molar-refractivity contribution in [2.45, 2.75) is 51.3 Å². The number of hydrogen-bond acceptors (Lipinski definition) is 4. The highest BCUT2D eigenvalue weighted by molar-refractivity contribution is 5.76. The molecule has 0 aromatic heterocycles. The Balaban J connectivity index is 1.93. The highest BCUT2D eigenvalue weighted by atomic mass is 19.1. The van der Waals surface area contributed by atoms with Crippen molar-refractivity contribution in [3.63, 3.8) is 0 Å². The first kappa shape index (κ1) is 18.4. The van der Waals surface area contributed by atoms with Crippen molar-refractivity contribution >= 4 is 11.7 Å². The number of benzene rings is 1. The van der Waals surface area contributed by atoms with Gasteiger partial charge in [0.05, 0.1) is 37.8 Å². The van der Waals surface area contributed by atoms with Gasteiger partial charge in [-0.25, -0.2) is 9.18 Å². The maximum Gasteiger partial charge on any atom is 0.411 e. The summed E-state index contributed by atoms with van der Waals surface area (Å²) in [6, 6.07) is 6.20. The maximum atomic E-state index is 13.8. The lowest BCUT2D eigenvalue weighted by atomic mass is 9.87. The minimum atomic E-state index is -0.571. The van der Waals surface area contributed by atoms with E-state index in [1.54, 1.807) is 11.0 Å². The van der Waals surface area contributed by atoms with Gasteiger partial charge in [0.15, 0.2) is 0 Å². The molecule has 0 radical (unpaired) electrons. The number of halogens is 1. The number of nitrogens with zero attached hydrogens (tertiary/aromatic N) is 2. The van der Waals surface area contributed by atoms with Crippen molar-refractivity contribution in [3.8, 4) is 6.07 Å². The smallest absolute Gasteiger partial charge is 0.411 e. The molecule has 1 aromatic carbocycles. The van der Waals surface area contributed by atoms with Crippen molar-refractivity contribution in [2.75, 3.05) is 13.2 Å².